The van der Waals surface area contributed by atoms with E-state index >= 15 is 0 Å². The molecule has 0 amide bonds. The van der Waals surface area contributed by atoms with Gasteiger partial charge in [0.05, 0.1) is 6.10 Å². The normalized spacial score (nSPS) is 10.2. The van der Waals surface area contributed by atoms with Crippen molar-refractivity contribution < 1.29 is 4.74 Å². The molecule has 0 aliphatic heterocycles. The van der Waals surface area contributed by atoms with Crippen LogP contribution in [0.4, 0.5) is 0 Å². The Balaban J connectivity index is -0.000000224. The van der Waals surface area contributed by atoms with Crippen LogP contribution in [0.2, 0.25) is 0 Å². The monoisotopic (exact) mass is 310 g/mol. The maximum absolute atomic E-state index is 5.19. The highest BCUT2D eigenvalue weighted by atomic mass is 16.5. The Hall–Kier alpha value is -0.860. The standard InChI is InChI=1S/C6H14O.C6H6.C4H11N.C4H9/c1-4-6(3)7-5-2;1-2-4-6-5-3-1;1-2-3-4-5;1-4(2)3/h6H,4-5H2,1-3H3;1-6H;2-5H2,1H3;1-3H3. The van der Waals surface area contributed by atoms with Crippen molar-refractivity contribution in [3.63, 3.8) is 0 Å². The van der Waals surface area contributed by atoms with Gasteiger partial charge in [0, 0.05) is 6.61 Å². The van der Waals surface area contributed by atoms with E-state index in [1.807, 2.05) is 43.3 Å². The summed E-state index contributed by atoms with van der Waals surface area (Å²) in [6.45, 7) is 16.3. The molecule has 0 spiro atoms. The molecule has 1 unspecified atom stereocenters. The molecule has 2 heteroatoms. The molecule has 1 atom stereocenters. The summed E-state index contributed by atoms with van der Waals surface area (Å²) in [5.74, 6) is 1.42. The Kier molecular flexibility index (Phi) is 29.7. The zero-order valence-corrected chi connectivity index (χ0v) is 16.1. The van der Waals surface area contributed by atoms with Crippen LogP contribution in [-0.4, -0.2) is 19.3 Å². The van der Waals surface area contributed by atoms with Gasteiger partial charge in [-0.3, -0.25) is 0 Å². The molecule has 0 saturated heterocycles. The Labute approximate surface area is 140 Å². The van der Waals surface area contributed by atoms with Gasteiger partial charge in [-0.1, -0.05) is 77.4 Å². The second kappa shape index (κ2) is 25.1. The van der Waals surface area contributed by atoms with E-state index in [0.717, 1.165) is 19.6 Å². The average molecular weight is 311 g/mol. The van der Waals surface area contributed by atoms with Crippen molar-refractivity contribution in [2.45, 2.75) is 73.8 Å². The lowest BCUT2D eigenvalue weighted by Crippen LogP contribution is -2.04. The highest BCUT2D eigenvalue weighted by molar-refractivity contribution is 4.99. The minimum Gasteiger partial charge on any atom is -0.379 e. The van der Waals surface area contributed by atoms with Crippen molar-refractivity contribution in [1.29, 1.82) is 0 Å². The molecule has 0 fully saturated rings. The number of benzene rings is 1. The summed E-state index contributed by atoms with van der Waals surface area (Å²) in [4.78, 5) is 0. The first kappa shape index (κ1) is 26.1. The van der Waals surface area contributed by atoms with Gasteiger partial charge < -0.3 is 10.5 Å². The van der Waals surface area contributed by atoms with Gasteiger partial charge in [0.25, 0.3) is 0 Å². The molecular weight excluding hydrogens is 270 g/mol. The summed E-state index contributed by atoms with van der Waals surface area (Å²) in [6, 6.07) is 12.0. The van der Waals surface area contributed by atoms with E-state index in [0.29, 0.717) is 6.10 Å². The van der Waals surface area contributed by atoms with E-state index in [4.69, 9.17) is 10.5 Å². The summed E-state index contributed by atoms with van der Waals surface area (Å²) < 4.78 is 5.19. The van der Waals surface area contributed by atoms with Crippen molar-refractivity contribution in [2.75, 3.05) is 13.2 Å². The highest BCUT2D eigenvalue weighted by Gasteiger charge is 1.91. The van der Waals surface area contributed by atoms with Crippen molar-refractivity contribution in [2.24, 2.45) is 5.73 Å². The SMILES string of the molecule is CCCCN.CCOC(C)CC.C[C](C)C.c1ccccc1. The Morgan fingerprint density at radius 2 is 1.27 bits per heavy atom. The average Bonchev–Trinajstić information content (AvgIpc) is 2.51. The maximum atomic E-state index is 5.19. The number of ether oxygens (including phenoxy) is 1. The van der Waals surface area contributed by atoms with E-state index in [-0.39, 0.29) is 0 Å². The van der Waals surface area contributed by atoms with Gasteiger partial charge in [-0.2, -0.15) is 0 Å². The number of nitrogens with two attached hydrogens (primary N) is 1. The van der Waals surface area contributed by atoms with Crippen LogP contribution in [0.15, 0.2) is 36.4 Å². The first-order valence-electron chi connectivity index (χ1n) is 8.54. The largest absolute Gasteiger partial charge is 0.379 e. The van der Waals surface area contributed by atoms with Gasteiger partial charge in [-0.15, -0.1) is 0 Å². The fourth-order valence-corrected chi connectivity index (χ4v) is 0.991. The van der Waals surface area contributed by atoms with Crippen LogP contribution in [0.3, 0.4) is 0 Å². The minimum atomic E-state index is 0.449. The highest BCUT2D eigenvalue weighted by Crippen LogP contribution is 1.93. The molecule has 1 aromatic rings. The molecule has 0 aliphatic carbocycles. The summed E-state index contributed by atoms with van der Waals surface area (Å²) in [5, 5.41) is 0. The predicted octanol–water partition coefficient (Wildman–Crippen LogP) is 5.87. The minimum absolute atomic E-state index is 0.449. The molecule has 1 aromatic carbocycles. The molecule has 2 N–H and O–H groups in total. The number of rotatable bonds is 5. The quantitative estimate of drug-likeness (QED) is 0.737. The van der Waals surface area contributed by atoms with Crippen molar-refractivity contribution in [3.8, 4) is 0 Å². The first-order chi connectivity index (χ1) is 10.5. The molecule has 131 valence electrons. The lowest BCUT2D eigenvalue weighted by Gasteiger charge is -2.05. The van der Waals surface area contributed by atoms with Crippen molar-refractivity contribution >= 4 is 0 Å². The number of unbranched alkanes of at least 4 members (excludes halogenated alkanes) is 1. The Bertz CT molecular complexity index is 218. The topological polar surface area (TPSA) is 35.2 Å². The Morgan fingerprint density at radius 3 is 1.36 bits per heavy atom. The van der Waals surface area contributed by atoms with Gasteiger partial charge in [0.1, 0.15) is 0 Å². The summed E-state index contributed by atoms with van der Waals surface area (Å²) in [6.07, 6.45) is 3.95. The molecule has 0 bridgehead atoms. The van der Waals surface area contributed by atoms with Gasteiger partial charge in [-0.25, -0.2) is 0 Å². The first-order valence-corrected chi connectivity index (χ1v) is 8.54. The van der Waals surface area contributed by atoms with Crippen LogP contribution in [0, 0.1) is 5.92 Å². The lowest BCUT2D eigenvalue weighted by molar-refractivity contribution is 0.0739. The molecule has 0 saturated carbocycles. The third-order valence-corrected chi connectivity index (χ3v) is 2.25. The van der Waals surface area contributed by atoms with E-state index in [2.05, 4.69) is 41.5 Å². The summed E-state index contributed by atoms with van der Waals surface area (Å²) in [7, 11) is 0. The molecule has 0 heterocycles. The van der Waals surface area contributed by atoms with Crippen LogP contribution in [0.25, 0.3) is 0 Å². The second-order valence-corrected chi connectivity index (χ2v) is 5.47. The van der Waals surface area contributed by atoms with Crippen LogP contribution < -0.4 is 5.73 Å². The summed E-state index contributed by atoms with van der Waals surface area (Å²) >= 11 is 0. The molecule has 22 heavy (non-hydrogen) atoms. The number of hydrogen-bond donors (Lipinski definition) is 1. The molecule has 1 radical (unpaired) electrons. The third-order valence-electron chi connectivity index (χ3n) is 2.25. The molecule has 0 aromatic heterocycles. The van der Waals surface area contributed by atoms with Gasteiger partial charge in [0.15, 0.2) is 0 Å². The zero-order chi connectivity index (χ0) is 17.6. The van der Waals surface area contributed by atoms with E-state index in [1.54, 1.807) is 0 Å². The fourth-order valence-electron chi connectivity index (χ4n) is 0.991. The zero-order valence-electron chi connectivity index (χ0n) is 16.1. The number of hydrogen-bond acceptors (Lipinski definition) is 2. The summed E-state index contributed by atoms with van der Waals surface area (Å²) in [5.41, 5.74) is 5.14. The van der Waals surface area contributed by atoms with Gasteiger partial charge >= 0.3 is 0 Å². The van der Waals surface area contributed by atoms with Gasteiger partial charge in [0.2, 0.25) is 0 Å². The van der Waals surface area contributed by atoms with E-state index < -0.39 is 0 Å². The van der Waals surface area contributed by atoms with E-state index in [9.17, 15) is 0 Å². The smallest absolute Gasteiger partial charge is 0.0544 e. The van der Waals surface area contributed by atoms with Crippen molar-refractivity contribution in [3.05, 3.63) is 42.3 Å². The molecule has 0 aliphatic rings. The van der Waals surface area contributed by atoms with Crippen molar-refractivity contribution in [1.82, 2.24) is 0 Å². The van der Waals surface area contributed by atoms with Crippen LogP contribution >= 0.6 is 0 Å². The Morgan fingerprint density at radius 1 is 0.909 bits per heavy atom. The van der Waals surface area contributed by atoms with Crippen LogP contribution in [0.5, 0.6) is 0 Å². The fraction of sp³-hybridized carbons (Fsp3) is 0.650. The van der Waals surface area contributed by atoms with Crippen LogP contribution in [0.1, 0.15) is 67.7 Å². The van der Waals surface area contributed by atoms with E-state index in [1.165, 1.54) is 18.8 Å². The van der Waals surface area contributed by atoms with Crippen LogP contribution in [-0.2, 0) is 4.74 Å². The maximum Gasteiger partial charge on any atom is 0.0544 e. The predicted molar refractivity (Wildman–Crippen MR) is 102 cm³/mol. The third kappa shape index (κ3) is 42.7. The second-order valence-electron chi connectivity index (χ2n) is 5.47. The van der Waals surface area contributed by atoms with Gasteiger partial charge in [-0.05, 0) is 39.2 Å². The lowest BCUT2D eigenvalue weighted by atomic mass is 10.3. The molecule has 1 rings (SSSR count). The molecule has 2 nitrogen and oxygen atoms in total. The molecular formula is C20H40NO.